The lowest BCUT2D eigenvalue weighted by Gasteiger charge is -2.35. The summed E-state index contributed by atoms with van der Waals surface area (Å²) in [5.74, 6) is 2.95. The van der Waals surface area contributed by atoms with E-state index in [1.807, 2.05) is 11.8 Å². The van der Waals surface area contributed by atoms with Crippen molar-refractivity contribution >= 4 is 17.5 Å². The Balaban J connectivity index is 1.47. The van der Waals surface area contributed by atoms with Gasteiger partial charge in [-0.05, 0) is 68.9 Å². The number of thioether (sulfide) groups is 1. The summed E-state index contributed by atoms with van der Waals surface area (Å²) in [5, 5.41) is 0.591. The summed E-state index contributed by atoms with van der Waals surface area (Å²) in [6.45, 7) is 9.68. The van der Waals surface area contributed by atoms with Crippen LogP contribution in [0.3, 0.4) is 0 Å². The van der Waals surface area contributed by atoms with Gasteiger partial charge in [0, 0.05) is 34.5 Å². The van der Waals surface area contributed by atoms with Crippen LogP contribution in [-0.2, 0) is 0 Å². The van der Waals surface area contributed by atoms with Gasteiger partial charge in [0.05, 0.1) is 0 Å². The van der Waals surface area contributed by atoms with E-state index in [4.69, 9.17) is 0 Å². The Morgan fingerprint density at radius 1 is 1.00 bits per heavy atom. The number of rotatable bonds is 6. The number of fused-ring (bicyclic) bond motifs is 1. The second-order valence-electron chi connectivity index (χ2n) is 10.3. The Morgan fingerprint density at radius 3 is 2.60 bits per heavy atom. The van der Waals surface area contributed by atoms with Gasteiger partial charge in [0.25, 0.3) is 0 Å². The molecule has 0 radical (unpaired) electrons. The Kier molecular flexibility index (Phi) is 7.90. The quantitative estimate of drug-likeness (QED) is 0.450. The summed E-state index contributed by atoms with van der Waals surface area (Å²) in [6.07, 6.45) is 16.1. The number of likely N-dealkylation sites (tertiary alicyclic amines) is 1. The fourth-order valence-corrected chi connectivity index (χ4v) is 7.57. The molecule has 166 valence electrons. The second-order valence-corrected chi connectivity index (χ2v) is 11.6. The van der Waals surface area contributed by atoms with Crippen molar-refractivity contribution in [3.05, 3.63) is 35.4 Å². The molecule has 3 unspecified atom stereocenters. The highest BCUT2D eigenvalue weighted by Gasteiger charge is 2.30. The Labute approximate surface area is 190 Å². The first-order valence-corrected chi connectivity index (χ1v) is 13.8. The smallest absolute Gasteiger partial charge is 0.0451 e. The first-order chi connectivity index (χ1) is 14.7. The minimum absolute atomic E-state index is 0.591. The van der Waals surface area contributed by atoms with Crippen LogP contribution in [0.4, 0.5) is 0 Å². The molecule has 30 heavy (non-hydrogen) atoms. The average Bonchev–Trinajstić information content (AvgIpc) is 3.01. The lowest BCUT2D eigenvalue weighted by atomic mass is 9.74. The van der Waals surface area contributed by atoms with E-state index in [1.165, 1.54) is 94.2 Å². The summed E-state index contributed by atoms with van der Waals surface area (Å²) in [6, 6.07) is 9.12. The maximum atomic E-state index is 2.77. The van der Waals surface area contributed by atoms with Gasteiger partial charge in [-0.2, -0.15) is 0 Å². The van der Waals surface area contributed by atoms with Crippen molar-refractivity contribution in [3.63, 3.8) is 0 Å². The van der Waals surface area contributed by atoms with E-state index in [9.17, 15) is 0 Å². The van der Waals surface area contributed by atoms with Crippen molar-refractivity contribution in [1.29, 1.82) is 0 Å². The van der Waals surface area contributed by atoms with Crippen LogP contribution in [0, 0.1) is 17.8 Å². The van der Waals surface area contributed by atoms with Gasteiger partial charge in [-0.1, -0.05) is 70.1 Å². The van der Waals surface area contributed by atoms with E-state index in [1.54, 1.807) is 11.3 Å². The molecule has 2 heteroatoms. The normalized spacial score (nSPS) is 27.0. The van der Waals surface area contributed by atoms with Crippen molar-refractivity contribution in [2.24, 2.45) is 17.8 Å². The van der Waals surface area contributed by atoms with Gasteiger partial charge in [-0.25, -0.2) is 0 Å². The molecule has 1 aliphatic carbocycles. The first kappa shape index (κ1) is 22.3. The number of nitrogens with zero attached hydrogens (tertiary/aromatic N) is 1. The molecular formula is C28H43NS. The zero-order chi connectivity index (χ0) is 20.9. The Bertz CT molecular complexity index is 717. The van der Waals surface area contributed by atoms with Crippen molar-refractivity contribution in [1.82, 2.24) is 4.90 Å². The molecule has 0 bridgehead atoms. The fraction of sp³-hybridized carbons (Fsp3) is 0.714. The van der Waals surface area contributed by atoms with Crippen LogP contribution >= 0.6 is 11.8 Å². The molecule has 3 atom stereocenters. The molecule has 1 nitrogen and oxygen atoms in total. The first-order valence-electron chi connectivity index (χ1n) is 12.9. The lowest BCUT2D eigenvalue weighted by molar-refractivity contribution is 0.202. The molecule has 2 fully saturated rings. The summed E-state index contributed by atoms with van der Waals surface area (Å²) >= 11 is 2.04. The van der Waals surface area contributed by atoms with Crippen LogP contribution in [-0.4, -0.2) is 23.2 Å². The van der Waals surface area contributed by atoms with Gasteiger partial charge >= 0.3 is 0 Å². The molecule has 2 aliphatic heterocycles. The number of hydrogen-bond donors (Lipinski definition) is 0. The lowest BCUT2D eigenvalue weighted by Crippen LogP contribution is -2.28. The Morgan fingerprint density at radius 2 is 1.80 bits per heavy atom. The highest BCUT2D eigenvalue weighted by Crippen LogP contribution is 2.44. The number of hydrogen-bond acceptors (Lipinski definition) is 2. The molecule has 0 spiro atoms. The van der Waals surface area contributed by atoms with E-state index >= 15 is 0 Å². The third-order valence-corrected chi connectivity index (χ3v) is 9.52. The molecular weight excluding hydrogens is 382 g/mol. The zero-order valence-electron chi connectivity index (χ0n) is 19.7. The highest BCUT2D eigenvalue weighted by molar-refractivity contribution is 8.00. The van der Waals surface area contributed by atoms with Gasteiger partial charge in [0.15, 0.2) is 0 Å². The fourth-order valence-electron chi connectivity index (χ4n) is 6.45. The van der Waals surface area contributed by atoms with Gasteiger partial charge in [-0.3, -0.25) is 0 Å². The van der Waals surface area contributed by atoms with E-state index in [2.05, 4.69) is 49.9 Å². The topological polar surface area (TPSA) is 3.24 Å². The molecule has 4 rings (SSSR count). The number of benzene rings is 1. The molecule has 0 N–H and O–H groups in total. The molecule has 1 saturated heterocycles. The van der Waals surface area contributed by atoms with E-state index < -0.39 is 0 Å². The van der Waals surface area contributed by atoms with E-state index in [0.717, 1.165) is 17.8 Å². The molecule has 0 aromatic heterocycles. The monoisotopic (exact) mass is 425 g/mol. The predicted octanol–water partition coefficient (Wildman–Crippen LogP) is 8.40. The van der Waals surface area contributed by atoms with Crippen LogP contribution in [0.15, 0.2) is 34.7 Å². The van der Waals surface area contributed by atoms with E-state index in [-0.39, 0.29) is 0 Å². The summed E-state index contributed by atoms with van der Waals surface area (Å²) in [4.78, 5) is 4.25. The molecule has 1 aromatic carbocycles. The minimum Gasteiger partial charge on any atom is -0.371 e. The average molecular weight is 426 g/mol. The molecule has 0 amide bonds. The SMILES string of the molecule is CCCC(CC1CCCCC1)C1CCCN(C2=C(C)C(C)Sc3ccccc32)CC1. The predicted molar refractivity (Wildman–Crippen MR) is 133 cm³/mol. The van der Waals surface area contributed by atoms with Crippen molar-refractivity contribution in [2.45, 2.75) is 102 Å². The maximum Gasteiger partial charge on any atom is 0.0451 e. The van der Waals surface area contributed by atoms with Crippen molar-refractivity contribution in [2.75, 3.05) is 13.1 Å². The van der Waals surface area contributed by atoms with Crippen molar-refractivity contribution in [3.8, 4) is 0 Å². The van der Waals surface area contributed by atoms with Gasteiger partial charge in [0.1, 0.15) is 0 Å². The van der Waals surface area contributed by atoms with Crippen LogP contribution in [0.5, 0.6) is 0 Å². The third kappa shape index (κ3) is 5.12. The summed E-state index contributed by atoms with van der Waals surface area (Å²) in [5.41, 5.74) is 4.64. The zero-order valence-corrected chi connectivity index (χ0v) is 20.5. The van der Waals surface area contributed by atoms with Crippen LogP contribution in [0.2, 0.25) is 0 Å². The van der Waals surface area contributed by atoms with Gasteiger partial charge < -0.3 is 4.90 Å². The van der Waals surface area contributed by atoms with Crippen molar-refractivity contribution < 1.29 is 0 Å². The van der Waals surface area contributed by atoms with E-state index in [0.29, 0.717) is 5.25 Å². The van der Waals surface area contributed by atoms with Gasteiger partial charge in [-0.15, -0.1) is 11.8 Å². The van der Waals surface area contributed by atoms with Crippen LogP contribution in [0.25, 0.3) is 5.70 Å². The molecule has 1 saturated carbocycles. The van der Waals surface area contributed by atoms with Gasteiger partial charge in [0.2, 0.25) is 0 Å². The summed E-state index contributed by atoms with van der Waals surface area (Å²) in [7, 11) is 0. The standard InChI is InChI=1S/C28H43NS/c1-4-11-25(20-23-12-6-5-7-13-23)24-14-10-18-29(19-17-24)28-21(2)22(3)30-27-16-9-8-15-26(27)28/h8-9,15-16,22-25H,4-7,10-14,17-20H2,1-3H3. The van der Waals surface area contributed by atoms with Crippen LogP contribution < -0.4 is 0 Å². The minimum atomic E-state index is 0.591. The third-order valence-electron chi connectivity index (χ3n) is 8.21. The highest BCUT2D eigenvalue weighted by atomic mass is 32.2. The Hall–Kier alpha value is -0.890. The molecule has 2 heterocycles. The summed E-state index contributed by atoms with van der Waals surface area (Å²) < 4.78 is 0. The van der Waals surface area contributed by atoms with Crippen LogP contribution in [0.1, 0.15) is 97.0 Å². The maximum absolute atomic E-state index is 2.77. The largest absolute Gasteiger partial charge is 0.371 e. The molecule has 3 aliphatic rings. The molecule has 1 aromatic rings. The second kappa shape index (κ2) is 10.6.